The normalized spacial score (nSPS) is 17.2. The third-order valence-electron chi connectivity index (χ3n) is 5.07. The van der Waals surface area contributed by atoms with Crippen molar-refractivity contribution in [2.24, 2.45) is 5.92 Å². The number of para-hydroxylation sites is 1. The number of carbonyl (C=O) groups is 3. The van der Waals surface area contributed by atoms with Gasteiger partial charge in [-0.1, -0.05) is 48.5 Å². The summed E-state index contributed by atoms with van der Waals surface area (Å²) in [5.41, 5.74) is 2.51. The maximum Gasteiger partial charge on any atom is 0.323 e. The summed E-state index contributed by atoms with van der Waals surface area (Å²) in [6.07, 6.45) is 1.52. The Balaban J connectivity index is 1.76. The molecule has 152 valence electrons. The number of hydrogen-bond acceptors (Lipinski definition) is 4. The Kier molecular flexibility index (Phi) is 6.93. The average Bonchev–Trinajstić information content (AvgIpc) is 2.85. The largest absolute Gasteiger partial charge is 0.480 e. The summed E-state index contributed by atoms with van der Waals surface area (Å²) in [5, 5.41) is 12.1. The van der Waals surface area contributed by atoms with Gasteiger partial charge in [0, 0.05) is 11.4 Å². The first-order valence-electron chi connectivity index (χ1n) is 9.56. The van der Waals surface area contributed by atoms with Gasteiger partial charge in [0.15, 0.2) is 0 Å². The van der Waals surface area contributed by atoms with E-state index in [2.05, 4.69) is 17.9 Å². The van der Waals surface area contributed by atoms with E-state index in [0.717, 1.165) is 11.1 Å². The third kappa shape index (κ3) is 5.17. The number of thiol groups is 1. The Hall–Kier alpha value is -2.80. The minimum Gasteiger partial charge on any atom is -0.480 e. The van der Waals surface area contributed by atoms with Crippen molar-refractivity contribution in [1.29, 1.82) is 0 Å². The molecule has 1 aliphatic rings. The fraction of sp³-hybridized carbons (Fsp3) is 0.318. The van der Waals surface area contributed by atoms with Crippen LogP contribution < -0.4 is 10.2 Å². The summed E-state index contributed by atoms with van der Waals surface area (Å²) < 4.78 is 0. The van der Waals surface area contributed by atoms with Gasteiger partial charge in [-0.2, -0.15) is 12.6 Å². The van der Waals surface area contributed by atoms with Crippen molar-refractivity contribution in [1.82, 2.24) is 5.32 Å². The number of carbonyl (C=O) groups excluding carboxylic acids is 2. The SMILES string of the molecule is O=C(O)CN1C(=O)[C@@H](NC(=O)[C@@H](CS)Cc2ccccc2)CCc2ccccc21. The maximum absolute atomic E-state index is 13.1. The molecule has 2 aromatic rings. The number of carboxylic acids is 1. The molecular formula is C22H24N2O4S. The first-order valence-corrected chi connectivity index (χ1v) is 10.2. The molecule has 1 heterocycles. The van der Waals surface area contributed by atoms with Crippen LogP contribution in [-0.2, 0) is 27.2 Å². The molecule has 2 atom stereocenters. The lowest BCUT2D eigenvalue weighted by Gasteiger charge is -2.26. The van der Waals surface area contributed by atoms with E-state index in [1.165, 1.54) is 4.90 Å². The fourth-order valence-corrected chi connectivity index (χ4v) is 3.87. The van der Waals surface area contributed by atoms with Crippen molar-refractivity contribution in [3.63, 3.8) is 0 Å². The van der Waals surface area contributed by atoms with Crippen LogP contribution in [0, 0.1) is 5.92 Å². The summed E-state index contributed by atoms with van der Waals surface area (Å²) in [4.78, 5) is 38.5. The molecule has 3 rings (SSSR count). The van der Waals surface area contributed by atoms with Gasteiger partial charge in [0.2, 0.25) is 11.8 Å². The second-order valence-electron chi connectivity index (χ2n) is 7.12. The van der Waals surface area contributed by atoms with Crippen LogP contribution in [0.4, 0.5) is 5.69 Å². The quantitative estimate of drug-likeness (QED) is 0.609. The molecule has 0 aromatic heterocycles. The number of nitrogens with one attached hydrogen (secondary N) is 1. The molecule has 7 heteroatoms. The fourth-order valence-electron chi connectivity index (χ4n) is 3.58. The predicted molar refractivity (Wildman–Crippen MR) is 114 cm³/mol. The molecule has 0 aliphatic carbocycles. The Morgan fingerprint density at radius 1 is 1.14 bits per heavy atom. The van der Waals surface area contributed by atoms with Crippen LogP contribution in [0.25, 0.3) is 0 Å². The molecule has 2 N–H and O–H groups in total. The lowest BCUT2D eigenvalue weighted by molar-refractivity contribution is -0.137. The molecule has 29 heavy (non-hydrogen) atoms. The second kappa shape index (κ2) is 9.60. The zero-order chi connectivity index (χ0) is 20.8. The van der Waals surface area contributed by atoms with Gasteiger partial charge >= 0.3 is 5.97 Å². The van der Waals surface area contributed by atoms with Gasteiger partial charge in [0.25, 0.3) is 0 Å². The topological polar surface area (TPSA) is 86.7 Å². The molecule has 6 nitrogen and oxygen atoms in total. The summed E-state index contributed by atoms with van der Waals surface area (Å²) in [5.74, 6) is -1.78. The minimum absolute atomic E-state index is 0.247. The number of benzene rings is 2. The molecular weight excluding hydrogens is 388 g/mol. The Morgan fingerprint density at radius 2 is 1.83 bits per heavy atom. The van der Waals surface area contributed by atoms with Crippen LogP contribution >= 0.6 is 12.6 Å². The zero-order valence-corrected chi connectivity index (χ0v) is 16.8. The number of rotatable bonds is 7. The molecule has 0 spiro atoms. The van der Waals surface area contributed by atoms with E-state index in [-0.39, 0.29) is 11.8 Å². The Bertz CT molecular complexity index is 887. The van der Waals surface area contributed by atoms with Crippen LogP contribution in [0.2, 0.25) is 0 Å². The highest BCUT2D eigenvalue weighted by atomic mass is 32.1. The maximum atomic E-state index is 13.1. The molecule has 1 aliphatic heterocycles. The van der Waals surface area contributed by atoms with Crippen molar-refractivity contribution in [2.45, 2.75) is 25.3 Å². The average molecular weight is 413 g/mol. The van der Waals surface area contributed by atoms with Gasteiger partial charge in [0.1, 0.15) is 12.6 Å². The van der Waals surface area contributed by atoms with E-state index < -0.39 is 24.5 Å². The summed E-state index contributed by atoms with van der Waals surface area (Å²) >= 11 is 4.32. The molecule has 0 saturated carbocycles. The monoisotopic (exact) mass is 412 g/mol. The summed E-state index contributed by atoms with van der Waals surface area (Å²) in [7, 11) is 0. The smallest absolute Gasteiger partial charge is 0.323 e. The summed E-state index contributed by atoms with van der Waals surface area (Å²) in [6, 6.07) is 16.1. The minimum atomic E-state index is -1.10. The van der Waals surface area contributed by atoms with Crippen molar-refractivity contribution in [3.8, 4) is 0 Å². The van der Waals surface area contributed by atoms with E-state index >= 15 is 0 Å². The first kappa shape index (κ1) is 20.9. The van der Waals surface area contributed by atoms with Gasteiger partial charge in [-0.25, -0.2) is 0 Å². The second-order valence-corrected chi connectivity index (χ2v) is 7.48. The predicted octanol–water partition coefficient (Wildman–Crippen LogP) is 2.32. The van der Waals surface area contributed by atoms with Crippen molar-refractivity contribution in [3.05, 3.63) is 65.7 Å². The van der Waals surface area contributed by atoms with Crippen molar-refractivity contribution < 1.29 is 19.5 Å². The number of nitrogens with zero attached hydrogens (tertiary/aromatic N) is 1. The number of carboxylic acid groups (broad SMARTS) is 1. The third-order valence-corrected chi connectivity index (χ3v) is 5.52. The highest BCUT2D eigenvalue weighted by molar-refractivity contribution is 7.80. The van der Waals surface area contributed by atoms with Crippen LogP contribution in [0.3, 0.4) is 0 Å². The lowest BCUT2D eigenvalue weighted by atomic mass is 9.99. The number of aliphatic carboxylic acids is 1. The van der Waals surface area contributed by atoms with Crippen molar-refractivity contribution in [2.75, 3.05) is 17.2 Å². The van der Waals surface area contributed by atoms with E-state index in [0.29, 0.717) is 30.7 Å². The van der Waals surface area contributed by atoms with Crippen LogP contribution in [0.5, 0.6) is 0 Å². The highest BCUT2D eigenvalue weighted by Crippen LogP contribution is 2.27. The van der Waals surface area contributed by atoms with Gasteiger partial charge in [-0.3, -0.25) is 19.3 Å². The molecule has 2 aromatic carbocycles. The number of fused-ring (bicyclic) bond motifs is 1. The van der Waals surface area contributed by atoms with Gasteiger partial charge in [-0.05, 0) is 36.5 Å². The van der Waals surface area contributed by atoms with E-state index in [1.54, 1.807) is 12.1 Å². The molecule has 0 fully saturated rings. The lowest BCUT2D eigenvalue weighted by Crippen LogP contribution is -2.51. The molecule has 2 amide bonds. The molecule has 0 bridgehead atoms. The van der Waals surface area contributed by atoms with E-state index in [4.69, 9.17) is 0 Å². The number of hydrogen-bond donors (Lipinski definition) is 3. The molecule has 0 saturated heterocycles. The Morgan fingerprint density at radius 3 is 2.52 bits per heavy atom. The van der Waals surface area contributed by atoms with Crippen LogP contribution in [-0.4, -0.2) is 41.2 Å². The highest BCUT2D eigenvalue weighted by Gasteiger charge is 2.33. The zero-order valence-electron chi connectivity index (χ0n) is 16.0. The molecule has 0 unspecified atom stereocenters. The van der Waals surface area contributed by atoms with Gasteiger partial charge in [-0.15, -0.1) is 0 Å². The van der Waals surface area contributed by atoms with Crippen molar-refractivity contribution >= 4 is 36.1 Å². The van der Waals surface area contributed by atoms with E-state index in [1.807, 2.05) is 42.5 Å². The van der Waals surface area contributed by atoms with Gasteiger partial charge < -0.3 is 10.4 Å². The standard InChI is InChI=1S/C22H24N2O4S/c25-20(26)13-24-19-9-5-4-8-16(19)10-11-18(22(24)28)23-21(27)17(14-29)12-15-6-2-1-3-7-15/h1-9,17-18,29H,10-14H2,(H,23,27)(H,25,26)/t17-,18+/m1/s1. The molecule has 0 radical (unpaired) electrons. The van der Waals surface area contributed by atoms with Gasteiger partial charge in [0.05, 0.1) is 5.92 Å². The first-order chi connectivity index (χ1) is 14.0. The van der Waals surface area contributed by atoms with Crippen LogP contribution in [0.15, 0.2) is 54.6 Å². The summed E-state index contributed by atoms with van der Waals surface area (Å²) in [6.45, 7) is -0.442. The van der Waals surface area contributed by atoms with Crippen LogP contribution in [0.1, 0.15) is 17.5 Å². The Labute approximate surface area is 175 Å². The van der Waals surface area contributed by atoms with E-state index in [9.17, 15) is 19.5 Å². The number of amides is 2. The number of anilines is 1. The number of aryl methyl sites for hydroxylation is 1.